The topological polar surface area (TPSA) is 24.5 Å². The Morgan fingerprint density at radius 2 is 1.29 bits per heavy atom. The zero-order valence-corrected chi connectivity index (χ0v) is 19.1. The van der Waals surface area contributed by atoms with E-state index in [2.05, 4.69) is 105 Å². The number of hydrogen-bond donors (Lipinski definition) is 1. The Bertz CT molecular complexity index is 1030. The van der Waals surface area contributed by atoms with E-state index in [0.717, 1.165) is 17.1 Å². The molecule has 1 unspecified atom stereocenters. The van der Waals surface area contributed by atoms with E-state index in [1.807, 2.05) is 12.1 Å². The van der Waals surface area contributed by atoms with Crippen LogP contribution < -0.4 is 15.2 Å². The normalized spacial score (nSPS) is 15.9. The van der Waals surface area contributed by atoms with E-state index in [4.69, 9.17) is 4.74 Å². The Labute approximate surface area is 186 Å². The Hall–Kier alpha value is -3.20. The van der Waals surface area contributed by atoms with Gasteiger partial charge in [0, 0.05) is 0 Å². The molecule has 4 rings (SSSR count). The molecule has 1 aliphatic heterocycles. The minimum absolute atomic E-state index is 0.106. The summed E-state index contributed by atoms with van der Waals surface area (Å²) in [6.45, 7) is 8.91. The summed E-state index contributed by atoms with van der Waals surface area (Å²) in [5.41, 5.74) is 11.1. The molecule has 1 N–H and O–H groups in total. The number of hydrogen-bond acceptors (Lipinski definition) is 3. The molecule has 0 radical (unpaired) electrons. The highest BCUT2D eigenvalue weighted by Gasteiger charge is 2.27. The maximum absolute atomic E-state index is 5.35. The van der Waals surface area contributed by atoms with Gasteiger partial charge in [0.2, 0.25) is 0 Å². The summed E-state index contributed by atoms with van der Waals surface area (Å²) in [5.74, 6) is 1.92. The number of hydrazine groups is 1. The van der Waals surface area contributed by atoms with Gasteiger partial charge in [-0.05, 0) is 64.4 Å². The van der Waals surface area contributed by atoms with Crippen LogP contribution in [-0.2, 0) is 0 Å². The maximum Gasteiger partial charge on any atom is 0.119 e. The fraction of sp³-hybridized carbons (Fsp3) is 0.286. The summed E-state index contributed by atoms with van der Waals surface area (Å²) in [7, 11) is 1.70. The predicted molar refractivity (Wildman–Crippen MR) is 130 cm³/mol. The molecule has 0 saturated heterocycles. The fourth-order valence-electron chi connectivity index (χ4n) is 3.97. The zero-order valence-electron chi connectivity index (χ0n) is 19.1. The molecule has 0 aliphatic carbocycles. The quantitative estimate of drug-likeness (QED) is 0.469. The van der Waals surface area contributed by atoms with E-state index in [9.17, 15) is 0 Å². The summed E-state index contributed by atoms with van der Waals surface area (Å²) < 4.78 is 5.35. The van der Waals surface area contributed by atoms with Crippen molar-refractivity contribution in [2.24, 2.45) is 0 Å². The van der Waals surface area contributed by atoms with Crippen molar-refractivity contribution in [2.75, 3.05) is 12.1 Å². The summed E-state index contributed by atoms with van der Waals surface area (Å²) in [6, 6.07) is 26.2. The number of ether oxygens (including phenoxy) is 1. The first-order valence-corrected chi connectivity index (χ1v) is 11.1. The number of nitrogens with one attached hydrogen (secondary N) is 1. The zero-order chi connectivity index (χ0) is 22.0. The summed E-state index contributed by atoms with van der Waals surface area (Å²) in [5, 5.41) is 2.23. The number of rotatable bonds is 6. The molecule has 0 saturated carbocycles. The molecule has 3 heteroatoms. The van der Waals surface area contributed by atoms with Crippen LogP contribution in [0.3, 0.4) is 0 Å². The van der Waals surface area contributed by atoms with Crippen LogP contribution in [0.2, 0.25) is 0 Å². The molecule has 0 amide bonds. The first-order chi connectivity index (χ1) is 15.0. The van der Waals surface area contributed by atoms with Crippen LogP contribution in [0.1, 0.15) is 67.8 Å². The van der Waals surface area contributed by atoms with E-state index in [0.29, 0.717) is 11.8 Å². The largest absolute Gasteiger partial charge is 0.497 e. The molecule has 3 nitrogen and oxygen atoms in total. The third kappa shape index (κ3) is 4.46. The third-order valence-electron chi connectivity index (χ3n) is 6.03. The number of nitrogens with zero attached hydrogens (tertiary/aromatic N) is 1. The molecule has 160 valence electrons. The van der Waals surface area contributed by atoms with Crippen LogP contribution in [0.25, 0.3) is 5.70 Å². The van der Waals surface area contributed by atoms with Crippen LogP contribution >= 0.6 is 0 Å². The lowest BCUT2D eigenvalue weighted by Crippen LogP contribution is -2.33. The molecule has 3 aromatic rings. The predicted octanol–water partition coefficient (Wildman–Crippen LogP) is 7.05. The second kappa shape index (κ2) is 8.89. The average molecular weight is 413 g/mol. The second-order valence-electron chi connectivity index (χ2n) is 8.80. The molecule has 0 spiro atoms. The van der Waals surface area contributed by atoms with Crippen molar-refractivity contribution in [3.63, 3.8) is 0 Å². The van der Waals surface area contributed by atoms with Gasteiger partial charge >= 0.3 is 0 Å². The first kappa shape index (κ1) is 21.0. The number of methoxy groups -OCH3 is 1. The Morgan fingerprint density at radius 3 is 1.81 bits per heavy atom. The van der Waals surface area contributed by atoms with Gasteiger partial charge in [-0.3, -0.25) is 10.4 Å². The summed E-state index contributed by atoms with van der Waals surface area (Å²) >= 11 is 0. The van der Waals surface area contributed by atoms with Gasteiger partial charge in [-0.15, -0.1) is 0 Å². The van der Waals surface area contributed by atoms with E-state index in [-0.39, 0.29) is 6.04 Å². The molecule has 3 aromatic carbocycles. The minimum atomic E-state index is 0.106. The molecular formula is C28H32N2O. The van der Waals surface area contributed by atoms with Crippen molar-refractivity contribution in [3.8, 4) is 5.75 Å². The highest BCUT2D eigenvalue weighted by molar-refractivity contribution is 5.72. The van der Waals surface area contributed by atoms with Gasteiger partial charge in [-0.2, -0.15) is 0 Å². The van der Waals surface area contributed by atoms with E-state index >= 15 is 0 Å². The van der Waals surface area contributed by atoms with Crippen molar-refractivity contribution in [1.82, 2.24) is 5.43 Å². The van der Waals surface area contributed by atoms with Gasteiger partial charge in [0.25, 0.3) is 0 Å². The van der Waals surface area contributed by atoms with Crippen LogP contribution in [0.15, 0.2) is 78.9 Å². The number of benzene rings is 3. The monoisotopic (exact) mass is 412 g/mol. The molecule has 0 bridgehead atoms. The highest BCUT2D eigenvalue weighted by Crippen LogP contribution is 2.36. The van der Waals surface area contributed by atoms with Crippen molar-refractivity contribution in [1.29, 1.82) is 0 Å². The molecule has 0 fully saturated rings. The van der Waals surface area contributed by atoms with Gasteiger partial charge in [0.05, 0.1) is 24.5 Å². The lowest BCUT2D eigenvalue weighted by molar-refractivity contribution is 0.415. The lowest BCUT2D eigenvalue weighted by atomic mass is 9.97. The molecule has 1 heterocycles. The average Bonchev–Trinajstić information content (AvgIpc) is 3.24. The Balaban J connectivity index is 1.69. The van der Waals surface area contributed by atoms with Gasteiger partial charge in [0.1, 0.15) is 5.75 Å². The van der Waals surface area contributed by atoms with Crippen LogP contribution in [0.5, 0.6) is 5.75 Å². The van der Waals surface area contributed by atoms with E-state index in [1.54, 1.807) is 7.11 Å². The lowest BCUT2D eigenvalue weighted by Gasteiger charge is -2.28. The third-order valence-corrected chi connectivity index (χ3v) is 6.03. The van der Waals surface area contributed by atoms with Gasteiger partial charge < -0.3 is 4.74 Å². The summed E-state index contributed by atoms with van der Waals surface area (Å²) in [4.78, 5) is 0. The smallest absolute Gasteiger partial charge is 0.119 e. The van der Waals surface area contributed by atoms with Gasteiger partial charge in [0.15, 0.2) is 0 Å². The highest BCUT2D eigenvalue weighted by atomic mass is 16.5. The van der Waals surface area contributed by atoms with Crippen LogP contribution in [0, 0.1) is 0 Å². The van der Waals surface area contributed by atoms with Gasteiger partial charge in [-0.25, -0.2) is 0 Å². The molecule has 31 heavy (non-hydrogen) atoms. The minimum Gasteiger partial charge on any atom is -0.497 e. The van der Waals surface area contributed by atoms with Crippen molar-refractivity contribution in [3.05, 3.63) is 101 Å². The fourth-order valence-corrected chi connectivity index (χ4v) is 3.97. The first-order valence-electron chi connectivity index (χ1n) is 11.1. The van der Waals surface area contributed by atoms with Crippen molar-refractivity contribution in [2.45, 2.75) is 45.6 Å². The van der Waals surface area contributed by atoms with Gasteiger partial charge in [-0.1, -0.05) is 76.2 Å². The SMILES string of the molecule is COc1ccc(N2NC(c3ccc(C(C)C)cc3)=CC2c2ccc(C(C)C)cc2)cc1. The van der Waals surface area contributed by atoms with Crippen molar-refractivity contribution >= 4 is 11.4 Å². The molecule has 1 aliphatic rings. The summed E-state index contributed by atoms with van der Waals surface area (Å²) in [6.07, 6.45) is 2.32. The van der Waals surface area contributed by atoms with Crippen molar-refractivity contribution < 1.29 is 4.74 Å². The maximum atomic E-state index is 5.35. The Kier molecular flexibility index (Phi) is 6.03. The van der Waals surface area contributed by atoms with E-state index < -0.39 is 0 Å². The molecular weight excluding hydrogens is 380 g/mol. The standard InChI is InChI=1S/C28H32N2O/c1-19(2)21-6-10-23(11-7-21)27-18-28(24-12-8-22(9-13-24)20(3)4)30(29-27)25-14-16-26(31-5)17-15-25/h6-20,28-29H,1-5H3. The van der Waals surface area contributed by atoms with Crippen LogP contribution in [0.4, 0.5) is 5.69 Å². The number of anilines is 1. The molecule has 0 aromatic heterocycles. The van der Waals surface area contributed by atoms with E-state index in [1.165, 1.54) is 22.3 Å². The van der Waals surface area contributed by atoms with Crippen LogP contribution in [-0.4, -0.2) is 7.11 Å². The molecule has 1 atom stereocenters. The second-order valence-corrected chi connectivity index (χ2v) is 8.80. The Morgan fingerprint density at radius 1 is 0.742 bits per heavy atom.